The molecule has 3 aromatic rings. The molecule has 0 unspecified atom stereocenters. The van der Waals surface area contributed by atoms with E-state index >= 15 is 0 Å². The van der Waals surface area contributed by atoms with Crippen LogP contribution in [0.2, 0.25) is 0 Å². The summed E-state index contributed by atoms with van der Waals surface area (Å²) >= 11 is -0.276. The van der Waals surface area contributed by atoms with Gasteiger partial charge in [-0.15, -0.1) is 5.10 Å². The fraction of sp³-hybridized carbons (Fsp3) is 0.0625. The summed E-state index contributed by atoms with van der Waals surface area (Å²) in [6.45, 7) is 0. The van der Waals surface area contributed by atoms with Gasteiger partial charge in [-0.2, -0.15) is 13.2 Å². The Morgan fingerprint density at radius 1 is 1.08 bits per heavy atom. The number of hydrogen-bond acceptors (Lipinski definition) is 5. The first-order chi connectivity index (χ1) is 12.3. The first-order valence-electron chi connectivity index (χ1n) is 7.07. The predicted molar refractivity (Wildman–Crippen MR) is 86.0 cm³/mol. The number of amides is 1. The highest BCUT2D eigenvalue weighted by Crippen LogP contribution is 2.36. The third-order valence-electron chi connectivity index (χ3n) is 3.07. The number of alkyl halides is 3. The van der Waals surface area contributed by atoms with Gasteiger partial charge in [0.05, 0.1) is 0 Å². The summed E-state index contributed by atoms with van der Waals surface area (Å²) in [5, 5.41) is 9.66. The topological polar surface area (TPSA) is 68.0 Å². The summed E-state index contributed by atoms with van der Waals surface area (Å²) in [7, 11) is 0. The van der Waals surface area contributed by atoms with Crippen molar-refractivity contribution in [3.8, 4) is 11.5 Å². The zero-order chi connectivity index (χ0) is 18.7. The van der Waals surface area contributed by atoms with E-state index < -0.39 is 17.2 Å². The number of carbonyl (C=O) groups excluding carboxylic acids is 1. The smallest absolute Gasteiger partial charge is 0.403 e. The van der Waals surface area contributed by atoms with Gasteiger partial charge in [-0.05, 0) is 54.2 Å². The van der Waals surface area contributed by atoms with Crippen molar-refractivity contribution in [1.82, 2.24) is 10.2 Å². The van der Waals surface area contributed by atoms with Crippen LogP contribution >= 0.6 is 11.8 Å². The van der Waals surface area contributed by atoms with Crippen molar-refractivity contribution in [3.05, 3.63) is 59.9 Å². The summed E-state index contributed by atoms with van der Waals surface area (Å²) < 4.78 is 55.3. The van der Waals surface area contributed by atoms with Gasteiger partial charge in [0.1, 0.15) is 5.82 Å². The number of anilines is 1. The third-order valence-corrected chi connectivity index (χ3v) is 3.81. The van der Waals surface area contributed by atoms with Crippen LogP contribution in [0.4, 0.5) is 23.6 Å². The Morgan fingerprint density at radius 3 is 2.46 bits per heavy atom. The fourth-order valence-corrected chi connectivity index (χ4v) is 2.53. The monoisotopic (exact) mass is 383 g/mol. The van der Waals surface area contributed by atoms with Gasteiger partial charge in [-0.1, -0.05) is 11.2 Å². The number of carbonyl (C=O) groups is 1. The lowest BCUT2D eigenvalue weighted by Gasteiger charge is -2.06. The van der Waals surface area contributed by atoms with Crippen LogP contribution in [-0.2, 0) is 0 Å². The molecule has 0 bridgehead atoms. The molecular formula is C16H9F4N3O2S. The van der Waals surface area contributed by atoms with E-state index in [-0.39, 0.29) is 34.1 Å². The molecule has 0 saturated heterocycles. The molecule has 3 rings (SSSR count). The second-order valence-corrected chi connectivity index (χ2v) is 6.09. The van der Waals surface area contributed by atoms with E-state index in [1.807, 2.05) is 0 Å². The van der Waals surface area contributed by atoms with E-state index in [0.29, 0.717) is 5.56 Å². The summed E-state index contributed by atoms with van der Waals surface area (Å²) in [6.07, 6.45) is 0. The summed E-state index contributed by atoms with van der Waals surface area (Å²) in [5.41, 5.74) is -3.95. The van der Waals surface area contributed by atoms with Crippen LogP contribution in [0.3, 0.4) is 0 Å². The van der Waals surface area contributed by atoms with Crippen molar-refractivity contribution in [1.29, 1.82) is 0 Å². The summed E-state index contributed by atoms with van der Waals surface area (Å²) in [4.78, 5) is 12.0. The standard InChI is InChI=1S/C16H9F4N3O2S/c17-11-3-1-2-10(8-11)14-22-23-15(25-14)21-13(24)9-4-6-12(7-5-9)26-16(18,19)20/h1-8H,(H,21,23,24). The molecule has 0 atom stereocenters. The lowest BCUT2D eigenvalue weighted by molar-refractivity contribution is -0.0328. The van der Waals surface area contributed by atoms with Crippen LogP contribution in [0.1, 0.15) is 10.4 Å². The molecule has 2 aromatic carbocycles. The predicted octanol–water partition coefficient (Wildman–Crippen LogP) is 4.74. The Bertz CT molecular complexity index is 926. The average Bonchev–Trinajstić information content (AvgIpc) is 3.02. The van der Waals surface area contributed by atoms with Crippen molar-refractivity contribution < 1.29 is 26.8 Å². The van der Waals surface area contributed by atoms with Crippen LogP contribution < -0.4 is 5.32 Å². The van der Waals surface area contributed by atoms with Crippen LogP contribution in [0, 0.1) is 5.82 Å². The molecule has 26 heavy (non-hydrogen) atoms. The third kappa shape index (κ3) is 4.60. The lowest BCUT2D eigenvalue weighted by atomic mass is 10.2. The number of rotatable bonds is 4. The average molecular weight is 383 g/mol. The number of thioether (sulfide) groups is 1. The van der Waals surface area contributed by atoms with E-state index in [4.69, 9.17) is 4.42 Å². The molecule has 1 heterocycles. The molecule has 0 spiro atoms. The normalized spacial score (nSPS) is 11.4. The van der Waals surface area contributed by atoms with Crippen molar-refractivity contribution in [2.24, 2.45) is 0 Å². The van der Waals surface area contributed by atoms with Crippen molar-refractivity contribution in [2.45, 2.75) is 10.4 Å². The van der Waals surface area contributed by atoms with Crippen molar-refractivity contribution in [3.63, 3.8) is 0 Å². The Hall–Kier alpha value is -2.88. The summed E-state index contributed by atoms with van der Waals surface area (Å²) in [5.74, 6) is -1.11. The number of halogens is 4. The number of benzene rings is 2. The molecule has 1 amide bonds. The second kappa shape index (κ2) is 7.16. The number of aromatic nitrogens is 2. The van der Waals surface area contributed by atoms with Gasteiger partial charge in [0, 0.05) is 16.0 Å². The minimum Gasteiger partial charge on any atom is -0.403 e. The van der Waals surface area contributed by atoms with E-state index in [2.05, 4.69) is 15.5 Å². The van der Waals surface area contributed by atoms with E-state index in [9.17, 15) is 22.4 Å². The van der Waals surface area contributed by atoms with Crippen LogP contribution in [0.5, 0.6) is 0 Å². The zero-order valence-electron chi connectivity index (χ0n) is 12.7. The maximum atomic E-state index is 13.2. The van der Waals surface area contributed by atoms with Gasteiger partial charge < -0.3 is 4.42 Å². The SMILES string of the molecule is O=C(Nc1nnc(-c2cccc(F)c2)o1)c1ccc(SC(F)(F)F)cc1. The largest absolute Gasteiger partial charge is 0.446 e. The van der Waals surface area contributed by atoms with E-state index in [1.54, 1.807) is 6.07 Å². The lowest BCUT2D eigenvalue weighted by Crippen LogP contribution is -2.12. The molecule has 1 N–H and O–H groups in total. The van der Waals surface area contributed by atoms with Gasteiger partial charge >= 0.3 is 11.5 Å². The highest BCUT2D eigenvalue weighted by Gasteiger charge is 2.29. The van der Waals surface area contributed by atoms with E-state index in [1.165, 1.54) is 42.5 Å². The van der Waals surface area contributed by atoms with E-state index in [0.717, 1.165) is 0 Å². The Labute approximate surface area is 148 Å². The second-order valence-electron chi connectivity index (χ2n) is 4.95. The minimum atomic E-state index is -4.40. The Balaban J connectivity index is 1.69. The highest BCUT2D eigenvalue weighted by atomic mass is 32.2. The molecule has 1 aromatic heterocycles. The quantitative estimate of drug-likeness (QED) is 0.521. The first-order valence-corrected chi connectivity index (χ1v) is 7.88. The highest BCUT2D eigenvalue weighted by molar-refractivity contribution is 8.00. The molecule has 0 saturated carbocycles. The van der Waals surface area contributed by atoms with Gasteiger partial charge in [0.2, 0.25) is 5.89 Å². The molecule has 10 heteroatoms. The molecule has 134 valence electrons. The van der Waals surface area contributed by atoms with Crippen LogP contribution in [-0.4, -0.2) is 21.6 Å². The molecule has 0 aliphatic carbocycles. The maximum absolute atomic E-state index is 13.2. The van der Waals surface area contributed by atoms with Crippen molar-refractivity contribution >= 4 is 23.7 Å². The van der Waals surface area contributed by atoms with Crippen LogP contribution in [0.15, 0.2) is 57.8 Å². The zero-order valence-corrected chi connectivity index (χ0v) is 13.6. The fourth-order valence-electron chi connectivity index (χ4n) is 1.99. The van der Waals surface area contributed by atoms with Gasteiger partial charge in [-0.25, -0.2) is 4.39 Å². The van der Waals surface area contributed by atoms with Gasteiger partial charge in [0.15, 0.2) is 0 Å². The Kier molecular flexibility index (Phi) is 4.94. The maximum Gasteiger partial charge on any atom is 0.446 e. The molecule has 0 radical (unpaired) electrons. The molecule has 0 fully saturated rings. The minimum absolute atomic E-state index is 0.0109. The molecule has 0 aliphatic rings. The number of hydrogen-bond donors (Lipinski definition) is 1. The Morgan fingerprint density at radius 2 is 1.81 bits per heavy atom. The molecule has 5 nitrogen and oxygen atoms in total. The summed E-state index contributed by atoms with van der Waals surface area (Å²) in [6, 6.07) is 10.1. The van der Waals surface area contributed by atoms with Gasteiger partial charge in [-0.3, -0.25) is 10.1 Å². The number of nitrogens with zero attached hydrogens (tertiary/aromatic N) is 2. The van der Waals surface area contributed by atoms with Gasteiger partial charge in [0.25, 0.3) is 5.91 Å². The van der Waals surface area contributed by atoms with Crippen LogP contribution in [0.25, 0.3) is 11.5 Å². The number of nitrogens with one attached hydrogen (secondary N) is 1. The first kappa shape index (κ1) is 17.9. The molecular weight excluding hydrogens is 374 g/mol. The van der Waals surface area contributed by atoms with Crippen molar-refractivity contribution in [2.75, 3.05) is 5.32 Å². The molecule has 0 aliphatic heterocycles.